The Morgan fingerprint density at radius 1 is 0.964 bits per heavy atom. The molecule has 28 heavy (non-hydrogen) atoms. The van der Waals surface area contributed by atoms with Crippen LogP contribution in [-0.4, -0.2) is 35.2 Å². The van der Waals surface area contributed by atoms with E-state index >= 15 is 0 Å². The van der Waals surface area contributed by atoms with Crippen LogP contribution in [0.3, 0.4) is 0 Å². The van der Waals surface area contributed by atoms with Crippen LogP contribution in [0.5, 0.6) is 0 Å². The van der Waals surface area contributed by atoms with E-state index in [2.05, 4.69) is 36.2 Å². The number of benzene rings is 2. The minimum Gasteiger partial charge on any atom is -0.352 e. The van der Waals surface area contributed by atoms with E-state index in [1.54, 1.807) is 0 Å². The average Bonchev–Trinajstić information content (AvgIpc) is 2.67. The molecule has 0 radical (unpaired) electrons. The first-order chi connectivity index (χ1) is 13.3. The van der Waals surface area contributed by atoms with Crippen molar-refractivity contribution in [1.29, 1.82) is 0 Å². The van der Waals surface area contributed by atoms with Crippen LogP contribution in [0, 0.1) is 5.82 Å². The van der Waals surface area contributed by atoms with Crippen molar-refractivity contribution in [1.82, 2.24) is 10.2 Å². The fourth-order valence-electron chi connectivity index (χ4n) is 3.03. The number of nitrogens with one attached hydrogen (secondary N) is 1. The monoisotopic (exact) mass is 384 g/mol. The number of carbonyl (C=O) groups excluding carboxylic acids is 2. The number of hydrogen-bond acceptors (Lipinski definition) is 3. The highest BCUT2D eigenvalue weighted by molar-refractivity contribution is 5.97. The third-order valence-corrected chi connectivity index (χ3v) is 4.62. The lowest BCUT2D eigenvalue weighted by Crippen LogP contribution is -2.44. The van der Waals surface area contributed by atoms with Crippen molar-refractivity contribution in [3.05, 3.63) is 71.5 Å². The Bertz CT molecular complexity index is 760. The lowest BCUT2D eigenvalue weighted by Gasteiger charge is -2.29. The molecule has 1 atom stereocenters. The number of Topliss-reactive ketones (excluding diaryl/α,β-unsaturated/α-hetero) is 1. The van der Waals surface area contributed by atoms with Crippen molar-refractivity contribution in [3.63, 3.8) is 0 Å². The number of amides is 1. The van der Waals surface area contributed by atoms with Crippen LogP contribution in [0.25, 0.3) is 0 Å². The van der Waals surface area contributed by atoms with Crippen LogP contribution in [0.2, 0.25) is 0 Å². The topological polar surface area (TPSA) is 49.4 Å². The largest absolute Gasteiger partial charge is 0.352 e. The predicted octanol–water partition coefficient (Wildman–Crippen LogP) is 4.20. The third-order valence-electron chi connectivity index (χ3n) is 4.62. The minimum absolute atomic E-state index is 0.0282. The molecule has 0 aliphatic rings. The van der Waals surface area contributed by atoms with E-state index in [1.807, 2.05) is 25.1 Å². The fourth-order valence-corrected chi connectivity index (χ4v) is 3.03. The van der Waals surface area contributed by atoms with Gasteiger partial charge in [0, 0.05) is 43.6 Å². The SMILES string of the molecule is CC(CN(Cc1ccccc1)C(C)C)NC(=O)CCC(=O)c1ccc(F)cc1. The van der Waals surface area contributed by atoms with Crippen LogP contribution in [0.4, 0.5) is 4.39 Å². The molecule has 1 N–H and O–H groups in total. The summed E-state index contributed by atoms with van der Waals surface area (Å²) in [5.74, 6) is -0.685. The molecule has 4 nitrogen and oxygen atoms in total. The molecular formula is C23H29FN2O2. The molecule has 2 aromatic carbocycles. The van der Waals surface area contributed by atoms with Gasteiger partial charge in [-0.2, -0.15) is 0 Å². The third kappa shape index (κ3) is 7.24. The van der Waals surface area contributed by atoms with E-state index < -0.39 is 0 Å². The number of carbonyl (C=O) groups is 2. The van der Waals surface area contributed by atoms with Crippen LogP contribution in [0.15, 0.2) is 54.6 Å². The molecule has 0 saturated heterocycles. The molecule has 0 bridgehead atoms. The van der Waals surface area contributed by atoms with Crippen molar-refractivity contribution in [3.8, 4) is 0 Å². The molecule has 0 heterocycles. The number of hydrogen-bond donors (Lipinski definition) is 1. The number of rotatable bonds is 10. The van der Waals surface area contributed by atoms with E-state index in [9.17, 15) is 14.0 Å². The number of nitrogens with zero attached hydrogens (tertiary/aromatic N) is 1. The van der Waals surface area contributed by atoms with Gasteiger partial charge >= 0.3 is 0 Å². The van der Waals surface area contributed by atoms with Gasteiger partial charge in [0.25, 0.3) is 0 Å². The van der Waals surface area contributed by atoms with Gasteiger partial charge in [-0.15, -0.1) is 0 Å². The predicted molar refractivity (Wildman–Crippen MR) is 110 cm³/mol. The van der Waals surface area contributed by atoms with Crippen molar-refractivity contribution in [2.24, 2.45) is 0 Å². The van der Waals surface area contributed by atoms with E-state index in [-0.39, 0.29) is 36.4 Å². The zero-order valence-corrected chi connectivity index (χ0v) is 16.8. The molecule has 0 aromatic heterocycles. The summed E-state index contributed by atoms with van der Waals surface area (Å²) in [7, 11) is 0. The summed E-state index contributed by atoms with van der Waals surface area (Å²) in [5.41, 5.74) is 1.66. The first-order valence-corrected chi connectivity index (χ1v) is 9.71. The second-order valence-corrected chi connectivity index (χ2v) is 7.41. The van der Waals surface area contributed by atoms with Crippen molar-refractivity contribution < 1.29 is 14.0 Å². The summed E-state index contributed by atoms with van der Waals surface area (Å²) in [6.45, 7) is 7.80. The van der Waals surface area contributed by atoms with Crippen LogP contribution in [0.1, 0.15) is 49.5 Å². The molecular weight excluding hydrogens is 355 g/mol. The van der Waals surface area contributed by atoms with Gasteiger partial charge in [-0.1, -0.05) is 30.3 Å². The number of ketones is 1. The van der Waals surface area contributed by atoms with E-state index in [4.69, 9.17) is 0 Å². The second kappa shape index (κ2) is 10.7. The van der Waals surface area contributed by atoms with Gasteiger partial charge in [-0.25, -0.2) is 4.39 Å². The van der Waals surface area contributed by atoms with E-state index in [0.29, 0.717) is 11.6 Å². The van der Waals surface area contributed by atoms with Gasteiger partial charge in [-0.05, 0) is 50.6 Å². The van der Waals surface area contributed by atoms with Gasteiger partial charge in [-0.3, -0.25) is 14.5 Å². The molecule has 2 aromatic rings. The Labute approximate surface area is 166 Å². The Balaban J connectivity index is 1.80. The Morgan fingerprint density at radius 2 is 1.61 bits per heavy atom. The highest BCUT2D eigenvalue weighted by Crippen LogP contribution is 2.10. The number of halogens is 1. The molecule has 1 amide bonds. The summed E-state index contributed by atoms with van der Waals surface area (Å²) in [4.78, 5) is 26.6. The lowest BCUT2D eigenvalue weighted by atomic mass is 10.1. The summed E-state index contributed by atoms with van der Waals surface area (Å²) in [5, 5.41) is 2.97. The molecule has 5 heteroatoms. The Morgan fingerprint density at radius 3 is 2.21 bits per heavy atom. The van der Waals surface area contributed by atoms with E-state index in [1.165, 1.54) is 29.8 Å². The maximum Gasteiger partial charge on any atom is 0.220 e. The highest BCUT2D eigenvalue weighted by atomic mass is 19.1. The van der Waals surface area contributed by atoms with Gasteiger partial charge < -0.3 is 5.32 Å². The minimum atomic E-state index is -0.381. The molecule has 0 aliphatic heterocycles. The van der Waals surface area contributed by atoms with Crippen molar-refractivity contribution in [2.45, 2.75) is 52.2 Å². The van der Waals surface area contributed by atoms with Crippen LogP contribution < -0.4 is 5.32 Å². The lowest BCUT2D eigenvalue weighted by molar-refractivity contribution is -0.121. The summed E-state index contributed by atoms with van der Waals surface area (Å²) < 4.78 is 12.9. The Hall–Kier alpha value is -2.53. The fraction of sp³-hybridized carbons (Fsp3) is 0.391. The van der Waals surface area contributed by atoms with Crippen molar-refractivity contribution in [2.75, 3.05) is 6.54 Å². The quantitative estimate of drug-likeness (QED) is 0.625. The second-order valence-electron chi connectivity index (χ2n) is 7.41. The highest BCUT2D eigenvalue weighted by Gasteiger charge is 2.16. The maximum atomic E-state index is 12.9. The van der Waals surface area contributed by atoms with Gasteiger partial charge in [0.15, 0.2) is 5.78 Å². The summed E-state index contributed by atoms with van der Waals surface area (Å²) in [6.07, 6.45) is 0.239. The van der Waals surface area contributed by atoms with Gasteiger partial charge in [0.05, 0.1) is 0 Å². The standard InChI is InChI=1S/C23H29FN2O2/c1-17(2)26(16-19-7-5-4-6-8-19)15-18(3)25-23(28)14-13-22(27)20-9-11-21(24)12-10-20/h4-12,17-18H,13-16H2,1-3H3,(H,25,28). The molecule has 2 rings (SSSR count). The smallest absolute Gasteiger partial charge is 0.220 e. The molecule has 0 aliphatic carbocycles. The van der Waals surface area contributed by atoms with E-state index in [0.717, 1.165) is 13.1 Å². The summed E-state index contributed by atoms with van der Waals surface area (Å²) >= 11 is 0. The van der Waals surface area contributed by atoms with Crippen LogP contribution >= 0.6 is 0 Å². The summed E-state index contributed by atoms with van der Waals surface area (Å²) in [6, 6.07) is 16.0. The average molecular weight is 384 g/mol. The zero-order chi connectivity index (χ0) is 20.5. The molecule has 150 valence electrons. The van der Waals surface area contributed by atoms with Crippen LogP contribution in [-0.2, 0) is 11.3 Å². The first-order valence-electron chi connectivity index (χ1n) is 9.71. The normalized spacial score (nSPS) is 12.2. The molecule has 0 fully saturated rings. The maximum absolute atomic E-state index is 12.9. The van der Waals surface area contributed by atoms with Crippen molar-refractivity contribution >= 4 is 11.7 Å². The zero-order valence-electron chi connectivity index (χ0n) is 16.8. The molecule has 0 saturated carbocycles. The molecule has 1 unspecified atom stereocenters. The molecule has 0 spiro atoms. The first kappa shape index (κ1) is 21.8. The van der Waals surface area contributed by atoms with Gasteiger partial charge in [0.1, 0.15) is 5.82 Å². The van der Waals surface area contributed by atoms with Gasteiger partial charge in [0.2, 0.25) is 5.91 Å². The Kier molecular flexibility index (Phi) is 8.33.